The third-order valence-electron chi connectivity index (χ3n) is 4.23. The maximum Gasteiger partial charge on any atom is 0.195 e. The van der Waals surface area contributed by atoms with Crippen LogP contribution < -0.4 is 15.4 Å². The van der Waals surface area contributed by atoms with Crippen LogP contribution in [0.4, 0.5) is 10.1 Å². The van der Waals surface area contributed by atoms with Crippen molar-refractivity contribution in [1.82, 2.24) is 10.2 Å². The smallest absolute Gasteiger partial charge is 0.195 e. The topological polar surface area (TPSA) is 58.1 Å². The van der Waals surface area contributed by atoms with Gasteiger partial charge in [-0.3, -0.25) is 4.99 Å². The summed E-state index contributed by atoms with van der Waals surface area (Å²) < 4.78 is 23.8. The van der Waals surface area contributed by atoms with Crippen molar-refractivity contribution in [3.05, 3.63) is 59.9 Å². The molecular formula is C22H31FN4O2. The highest BCUT2D eigenvalue weighted by Gasteiger charge is 2.04. The summed E-state index contributed by atoms with van der Waals surface area (Å²) in [6, 6.07) is 14.4. The summed E-state index contributed by atoms with van der Waals surface area (Å²) in [7, 11) is 5.46. The molecule has 0 radical (unpaired) electrons. The van der Waals surface area contributed by atoms with Crippen LogP contribution >= 0.6 is 0 Å². The molecule has 7 heteroatoms. The number of guanidine groups is 1. The average molecular weight is 403 g/mol. The van der Waals surface area contributed by atoms with Crippen molar-refractivity contribution in [3.63, 3.8) is 0 Å². The largest absolute Gasteiger partial charge is 0.493 e. The Morgan fingerprint density at radius 3 is 2.66 bits per heavy atom. The molecule has 0 unspecified atom stereocenters. The molecule has 0 spiro atoms. The highest BCUT2D eigenvalue weighted by molar-refractivity contribution is 5.93. The van der Waals surface area contributed by atoms with Gasteiger partial charge in [0, 0.05) is 58.6 Å². The van der Waals surface area contributed by atoms with Crippen LogP contribution in [0.1, 0.15) is 12.0 Å². The van der Waals surface area contributed by atoms with Crippen LogP contribution in [-0.2, 0) is 11.3 Å². The Kier molecular flexibility index (Phi) is 9.95. The minimum atomic E-state index is -0.211. The standard InChI is InChI=1S/C22H31FN4O2/c1-24-22(25-12-13-27(2)17-18-8-10-19(23)11-9-18)26-20-6-4-7-21(16-20)29-15-5-14-28-3/h4,6-11,16H,5,12-15,17H2,1-3H3,(H2,24,25,26). The van der Waals surface area contributed by atoms with Gasteiger partial charge >= 0.3 is 0 Å². The van der Waals surface area contributed by atoms with E-state index in [2.05, 4.69) is 20.5 Å². The van der Waals surface area contributed by atoms with Crippen LogP contribution in [0.15, 0.2) is 53.5 Å². The van der Waals surface area contributed by atoms with Gasteiger partial charge in [-0.15, -0.1) is 0 Å². The first kappa shape index (κ1) is 22.6. The third-order valence-corrected chi connectivity index (χ3v) is 4.23. The Morgan fingerprint density at radius 1 is 1.14 bits per heavy atom. The van der Waals surface area contributed by atoms with E-state index in [9.17, 15) is 4.39 Å². The number of nitrogens with zero attached hydrogens (tertiary/aromatic N) is 2. The number of nitrogens with one attached hydrogen (secondary N) is 2. The molecule has 0 atom stereocenters. The summed E-state index contributed by atoms with van der Waals surface area (Å²) in [6.07, 6.45) is 0.850. The maximum absolute atomic E-state index is 13.0. The first-order valence-electron chi connectivity index (χ1n) is 9.73. The zero-order valence-corrected chi connectivity index (χ0v) is 17.5. The summed E-state index contributed by atoms with van der Waals surface area (Å²) >= 11 is 0. The molecule has 29 heavy (non-hydrogen) atoms. The first-order valence-corrected chi connectivity index (χ1v) is 9.73. The molecule has 2 rings (SSSR count). The molecule has 0 amide bonds. The Morgan fingerprint density at radius 2 is 1.93 bits per heavy atom. The Hall–Kier alpha value is -2.64. The van der Waals surface area contributed by atoms with E-state index in [0.717, 1.165) is 43.1 Å². The molecule has 0 bridgehead atoms. The molecule has 0 aromatic heterocycles. The number of anilines is 1. The van der Waals surface area contributed by atoms with Crippen LogP contribution in [0.3, 0.4) is 0 Å². The van der Waals surface area contributed by atoms with Crippen molar-refractivity contribution >= 4 is 11.6 Å². The van der Waals surface area contributed by atoms with Gasteiger partial charge in [0.1, 0.15) is 11.6 Å². The van der Waals surface area contributed by atoms with Crippen LogP contribution in [0.5, 0.6) is 5.75 Å². The fourth-order valence-corrected chi connectivity index (χ4v) is 2.72. The predicted octanol–water partition coefficient (Wildman–Crippen LogP) is 3.36. The molecule has 2 aromatic carbocycles. The van der Waals surface area contributed by atoms with E-state index in [-0.39, 0.29) is 5.82 Å². The second-order valence-corrected chi connectivity index (χ2v) is 6.71. The number of benzene rings is 2. The summed E-state index contributed by atoms with van der Waals surface area (Å²) in [5.74, 6) is 1.29. The quantitative estimate of drug-likeness (QED) is 0.343. The number of methoxy groups -OCH3 is 1. The number of hydrogen-bond acceptors (Lipinski definition) is 4. The van der Waals surface area contributed by atoms with Crippen LogP contribution in [0, 0.1) is 5.82 Å². The zero-order valence-electron chi connectivity index (χ0n) is 17.5. The Bertz CT molecular complexity index is 753. The van der Waals surface area contributed by atoms with Gasteiger partial charge in [0.25, 0.3) is 0 Å². The van der Waals surface area contributed by atoms with E-state index < -0.39 is 0 Å². The molecule has 0 aliphatic heterocycles. The van der Waals surface area contributed by atoms with Crippen molar-refractivity contribution in [2.45, 2.75) is 13.0 Å². The van der Waals surface area contributed by atoms with Crippen LogP contribution in [-0.4, -0.2) is 58.4 Å². The molecule has 2 N–H and O–H groups in total. The SMILES string of the molecule is CN=C(NCCN(C)Cc1ccc(F)cc1)Nc1cccc(OCCCOC)c1. The minimum absolute atomic E-state index is 0.211. The molecule has 0 fully saturated rings. The van der Waals surface area contributed by atoms with Gasteiger partial charge < -0.3 is 25.0 Å². The van der Waals surface area contributed by atoms with Gasteiger partial charge in [0.05, 0.1) is 6.61 Å². The van der Waals surface area contributed by atoms with Gasteiger partial charge in [-0.2, -0.15) is 0 Å². The van der Waals surface area contributed by atoms with E-state index in [1.54, 1.807) is 14.2 Å². The minimum Gasteiger partial charge on any atom is -0.493 e. The van der Waals surface area contributed by atoms with E-state index in [1.807, 2.05) is 43.4 Å². The lowest BCUT2D eigenvalue weighted by Gasteiger charge is -2.18. The number of halogens is 1. The lowest BCUT2D eigenvalue weighted by atomic mass is 10.2. The summed E-state index contributed by atoms with van der Waals surface area (Å²) in [6.45, 7) is 3.61. The number of aliphatic imine (C=N–C) groups is 1. The zero-order chi connectivity index (χ0) is 20.9. The lowest BCUT2D eigenvalue weighted by molar-refractivity contribution is 0.172. The number of ether oxygens (including phenoxy) is 2. The maximum atomic E-state index is 13.0. The van der Waals surface area contributed by atoms with Gasteiger partial charge in [-0.05, 0) is 36.9 Å². The first-order chi connectivity index (χ1) is 14.1. The van der Waals surface area contributed by atoms with Gasteiger partial charge in [-0.25, -0.2) is 4.39 Å². The average Bonchev–Trinajstić information content (AvgIpc) is 2.72. The number of rotatable bonds is 11. The predicted molar refractivity (Wildman–Crippen MR) is 116 cm³/mol. The fourth-order valence-electron chi connectivity index (χ4n) is 2.72. The van der Waals surface area contributed by atoms with Crippen LogP contribution in [0.25, 0.3) is 0 Å². The summed E-state index contributed by atoms with van der Waals surface area (Å²) in [5, 5.41) is 6.58. The van der Waals surface area contributed by atoms with Gasteiger partial charge in [0.15, 0.2) is 5.96 Å². The van der Waals surface area contributed by atoms with Gasteiger partial charge in [0.2, 0.25) is 0 Å². The van der Waals surface area contributed by atoms with Crippen molar-refractivity contribution in [2.75, 3.05) is 52.8 Å². The second-order valence-electron chi connectivity index (χ2n) is 6.71. The van der Waals surface area contributed by atoms with E-state index in [4.69, 9.17) is 9.47 Å². The molecule has 0 heterocycles. The molecule has 0 aliphatic rings. The van der Waals surface area contributed by atoms with E-state index in [1.165, 1.54) is 12.1 Å². The van der Waals surface area contributed by atoms with Crippen molar-refractivity contribution in [3.8, 4) is 5.75 Å². The van der Waals surface area contributed by atoms with Crippen molar-refractivity contribution in [2.24, 2.45) is 4.99 Å². The lowest BCUT2D eigenvalue weighted by Crippen LogP contribution is -2.36. The van der Waals surface area contributed by atoms with E-state index in [0.29, 0.717) is 19.2 Å². The number of likely N-dealkylation sites (N-methyl/N-ethyl adjacent to an activating group) is 1. The molecule has 0 saturated carbocycles. The molecule has 6 nitrogen and oxygen atoms in total. The monoisotopic (exact) mass is 402 g/mol. The Balaban J connectivity index is 1.75. The molecule has 158 valence electrons. The molecular weight excluding hydrogens is 371 g/mol. The summed E-state index contributed by atoms with van der Waals surface area (Å²) in [4.78, 5) is 6.44. The fraction of sp³-hybridized carbons (Fsp3) is 0.409. The van der Waals surface area contributed by atoms with Crippen LogP contribution in [0.2, 0.25) is 0 Å². The highest BCUT2D eigenvalue weighted by Crippen LogP contribution is 2.17. The normalized spacial score (nSPS) is 11.6. The number of hydrogen-bond donors (Lipinski definition) is 2. The summed E-state index contributed by atoms with van der Waals surface area (Å²) in [5.41, 5.74) is 1.99. The Labute approximate surface area is 172 Å². The van der Waals surface area contributed by atoms with Gasteiger partial charge in [-0.1, -0.05) is 18.2 Å². The molecule has 2 aromatic rings. The van der Waals surface area contributed by atoms with Crippen molar-refractivity contribution in [1.29, 1.82) is 0 Å². The van der Waals surface area contributed by atoms with Crippen molar-refractivity contribution < 1.29 is 13.9 Å². The van der Waals surface area contributed by atoms with E-state index >= 15 is 0 Å². The second kappa shape index (κ2) is 12.7. The third kappa shape index (κ3) is 8.93. The molecule has 0 aliphatic carbocycles. The highest BCUT2D eigenvalue weighted by atomic mass is 19.1. The molecule has 0 saturated heterocycles.